The third-order valence-electron chi connectivity index (χ3n) is 2.91. The predicted octanol–water partition coefficient (Wildman–Crippen LogP) is 1.94. The molecule has 1 aliphatic heterocycles. The van der Waals surface area contributed by atoms with Gasteiger partial charge in [0, 0.05) is 18.8 Å². The fourth-order valence-corrected chi connectivity index (χ4v) is 2.08. The maximum Gasteiger partial charge on any atom is 0.119 e. The van der Waals surface area contributed by atoms with Gasteiger partial charge in [-0.2, -0.15) is 0 Å². The molecule has 17 heavy (non-hydrogen) atoms. The minimum absolute atomic E-state index is 0.154. The molecule has 94 valence electrons. The number of anilines is 1. The zero-order valence-electron chi connectivity index (χ0n) is 10.4. The van der Waals surface area contributed by atoms with Crippen LogP contribution in [0, 0.1) is 0 Å². The number of hydrogen-bond donors (Lipinski definition) is 1. The zero-order chi connectivity index (χ0) is 12.3. The van der Waals surface area contributed by atoms with Gasteiger partial charge in [-0.15, -0.1) is 0 Å². The molecule has 1 saturated heterocycles. The molecule has 0 bridgehead atoms. The van der Waals surface area contributed by atoms with E-state index < -0.39 is 0 Å². The first-order valence-corrected chi connectivity index (χ1v) is 6.06. The minimum Gasteiger partial charge on any atom is -0.491 e. The fraction of sp³-hybridized carbons (Fsp3) is 0.538. The molecule has 1 aliphatic rings. The molecule has 0 amide bonds. The van der Waals surface area contributed by atoms with Crippen LogP contribution in [-0.2, 0) is 4.84 Å². The quantitative estimate of drug-likeness (QED) is 0.812. The van der Waals surface area contributed by atoms with Gasteiger partial charge in [0.25, 0.3) is 0 Å². The van der Waals surface area contributed by atoms with Crippen LogP contribution in [-0.4, -0.2) is 25.3 Å². The molecule has 1 heterocycles. The van der Waals surface area contributed by atoms with Crippen LogP contribution in [0.3, 0.4) is 0 Å². The van der Waals surface area contributed by atoms with Gasteiger partial charge in [0.05, 0.1) is 12.2 Å². The first-order valence-electron chi connectivity index (χ1n) is 6.06. The van der Waals surface area contributed by atoms with Gasteiger partial charge < -0.3 is 9.64 Å². The van der Waals surface area contributed by atoms with Crippen LogP contribution < -0.4 is 15.5 Å². The molecule has 0 saturated carbocycles. The SMILES string of the molecule is CC(C)Oc1ccc(N2CCC(ON)C2)cc1. The number of hydrogen-bond acceptors (Lipinski definition) is 4. The Labute approximate surface area is 102 Å². The average Bonchev–Trinajstić information content (AvgIpc) is 2.78. The summed E-state index contributed by atoms with van der Waals surface area (Å²) < 4.78 is 5.61. The minimum atomic E-state index is 0.154. The van der Waals surface area contributed by atoms with E-state index in [1.807, 2.05) is 26.0 Å². The highest BCUT2D eigenvalue weighted by Gasteiger charge is 2.22. The molecule has 1 aromatic carbocycles. The van der Waals surface area contributed by atoms with Gasteiger partial charge in [0.15, 0.2) is 0 Å². The Morgan fingerprint density at radius 2 is 2.00 bits per heavy atom. The van der Waals surface area contributed by atoms with Gasteiger partial charge in [0.2, 0.25) is 0 Å². The van der Waals surface area contributed by atoms with Crippen LogP contribution in [0.2, 0.25) is 0 Å². The molecule has 4 nitrogen and oxygen atoms in total. The molecule has 1 fully saturated rings. The van der Waals surface area contributed by atoms with Crippen molar-refractivity contribution in [2.45, 2.75) is 32.5 Å². The monoisotopic (exact) mass is 236 g/mol. The van der Waals surface area contributed by atoms with Crippen LogP contribution in [0.15, 0.2) is 24.3 Å². The van der Waals surface area contributed by atoms with E-state index in [0.717, 1.165) is 25.3 Å². The van der Waals surface area contributed by atoms with Crippen molar-refractivity contribution in [2.75, 3.05) is 18.0 Å². The topological polar surface area (TPSA) is 47.7 Å². The highest BCUT2D eigenvalue weighted by Crippen LogP contribution is 2.24. The number of benzene rings is 1. The summed E-state index contributed by atoms with van der Waals surface area (Å²) in [5.41, 5.74) is 1.20. The van der Waals surface area contributed by atoms with E-state index in [0.29, 0.717) is 0 Å². The Morgan fingerprint density at radius 3 is 2.53 bits per heavy atom. The second-order valence-electron chi connectivity index (χ2n) is 4.65. The highest BCUT2D eigenvalue weighted by molar-refractivity contribution is 5.50. The summed E-state index contributed by atoms with van der Waals surface area (Å²) in [5.74, 6) is 6.12. The van der Waals surface area contributed by atoms with Crippen LogP contribution >= 0.6 is 0 Å². The third kappa shape index (κ3) is 3.11. The van der Waals surface area contributed by atoms with E-state index in [2.05, 4.69) is 17.0 Å². The van der Waals surface area contributed by atoms with E-state index in [1.54, 1.807) is 0 Å². The molecule has 0 radical (unpaired) electrons. The maximum absolute atomic E-state index is 5.61. The number of nitrogens with two attached hydrogens (primary N) is 1. The first kappa shape index (κ1) is 12.2. The van der Waals surface area contributed by atoms with Gasteiger partial charge in [-0.3, -0.25) is 4.84 Å². The van der Waals surface area contributed by atoms with E-state index in [1.165, 1.54) is 5.69 Å². The van der Waals surface area contributed by atoms with Crippen LogP contribution in [0.5, 0.6) is 5.75 Å². The third-order valence-corrected chi connectivity index (χ3v) is 2.91. The molecule has 2 N–H and O–H groups in total. The van der Waals surface area contributed by atoms with E-state index in [-0.39, 0.29) is 12.2 Å². The summed E-state index contributed by atoms with van der Waals surface area (Å²) in [6.45, 7) is 5.91. The van der Waals surface area contributed by atoms with Crippen molar-refractivity contribution in [1.82, 2.24) is 0 Å². The summed E-state index contributed by atoms with van der Waals surface area (Å²) in [5, 5.41) is 0. The molecular weight excluding hydrogens is 216 g/mol. The largest absolute Gasteiger partial charge is 0.491 e. The van der Waals surface area contributed by atoms with Crippen molar-refractivity contribution in [3.63, 3.8) is 0 Å². The van der Waals surface area contributed by atoms with Gasteiger partial charge in [-0.05, 0) is 44.5 Å². The van der Waals surface area contributed by atoms with Gasteiger partial charge >= 0.3 is 0 Å². The molecule has 0 aliphatic carbocycles. The molecule has 0 spiro atoms. The average molecular weight is 236 g/mol. The second-order valence-corrected chi connectivity index (χ2v) is 4.65. The summed E-state index contributed by atoms with van der Waals surface area (Å²) >= 11 is 0. The lowest BCUT2D eigenvalue weighted by atomic mass is 10.3. The summed E-state index contributed by atoms with van der Waals surface area (Å²) in [4.78, 5) is 7.15. The molecule has 2 rings (SSSR count). The van der Waals surface area contributed by atoms with Crippen LogP contribution in [0.25, 0.3) is 0 Å². The van der Waals surface area contributed by atoms with Gasteiger partial charge in [-0.1, -0.05) is 0 Å². The molecule has 0 aromatic heterocycles. The highest BCUT2D eigenvalue weighted by atomic mass is 16.6. The van der Waals surface area contributed by atoms with Crippen molar-refractivity contribution in [3.8, 4) is 5.75 Å². The van der Waals surface area contributed by atoms with Gasteiger partial charge in [0.1, 0.15) is 5.75 Å². The Bertz CT molecular complexity index is 351. The molecule has 4 heteroatoms. The van der Waals surface area contributed by atoms with Crippen molar-refractivity contribution >= 4 is 5.69 Å². The fourth-order valence-electron chi connectivity index (χ4n) is 2.08. The molecule has 1 aromatic rings. The summed E-state index contributed by atoms with van der Waals surface area (Å²) in [7, 11) is 0. The Balaban J connectivity index is 1.98. The summed E-state index contributed by atoms with van der Waals surface area (Å²) in [6.07, 6.45) is 1.35. The molecular formula is C13H20N2O2. The lowest BCUT2D eigenvalue weighted by molar-refractivity contribution is 0.0690. The van der Waals surface area contributed by atoms with Crippen molar-refractivity contribution in [2.24, 2.45) is 5.90 Å². The maximum atomic E-state index is 5.61. The van der Waals surface area contributed by atoms with Crippen LogP contribution in [0.1, 0.15) is 20.3 Å². The number of rotatable bonds is 4. The number of nitrogens with zero attached hydrogens (tertiary/aromatic N) is 1. The summed E-state index contributed by atoms with van der Waals surface area (Å²) in [6, 6.07) is 8.17. The smallest absolute Gasteiger partial charge is 0.119 e. The zero-order valence-corrected chi connectivity index (χ0v) is 10.4. The van der Waals surface area contributed by atoms with E-state index >= 15 is 0 Å². The first-order chi connectivity index (χ1) is 8.19. The van der Waals surface area contributed by atoms with E-state index in [9.17, 15) is 0 Å². The lowest BCUT2D eigenvalue weighted by Gasteiger charge is -2.19. The Morgan fingerprint density at radius 1 is 1.29 bits per heavy atom. The predicted molar refractivity (Wildman–Crippen MR) is 68.1 cm³/mol. The Kier molecular flexibility index (Phi) is 3.86. The molecule has 1 atom stereocenters. The standard InChI is InChI=1S/C13H20N2O2/c1-10(2)16-12-5-3-11(4-6-12)15-8-7-13(9-15)17-14/h3-6,10,13H,7-9,14H2,1-2H3. The second kappa shape index (κ2) is 5.38. The lowest BCUT2D eigenvalue weighted by Crippen LogP contribution is -2.24. The number of ether oxygens (including phenoxy) is 1. The van der Waals surface area contributed by atoms with E-state index in [4.69, 9.17) is 15.5 Å². The van der Waals surface area contributed by atoms with Crippen molar-refractivity contribution in [1.29, 1.82) is 0 Å². The normalized spacial score (nSPS) is 20.0. The van der Waals surface area contributed by atoms with Crippen LogP contribution in [0.4, 0.5) is 5.69 Å². The Hall–Kier alpha value is -1.26. The van der Waals surface area contributed by atoms with Gasteiger partial charge in [-0.25, -0.2) is 5.90 Å². The van der Waals surface area contributed by atoms with Crippen molar-refractivity contribution < 1.29 is 9.57 Å². The molecule has 1 unspecified atom stereocenters. The van der Waals surface area contributed by atoms with Crippen molar-refractivity contribution in [3.05, 3.63) is 24.3 Å².